The Morgan fingerprint density at radius 3 is 2.65 bits per heavy atom. The van der Waals surface area contributed by atoms with Gasteiger partial charge in [-0.3, -0.25) is 14.8 Å². The quantitative estimate of drug-likeness (QED) is 0.447. The highest BCUT2D eigenvalue weighted by atomic mass is 35.5. The van der Waals surface area contributed by atoms with Gasteiger partial charge in [0.2, 0.25) is 0 Å². The average Bonchev–Trinajstić information content (AvgIpc) is 2.91. The maximum absolute atomic E-state index is 10.6. The van der Waals surface area contributed by atoms with E-state index < -0.39 is 4.92 Å². The summed E-state index contributed by atoms with van der Waals surface area (Å²) in [7, 11) is 0. The molecule has 1 aromatic heterocycles. The molecule has 20 heavy (non-hydrogen) atoms. The van der Waals surface area contributed by atoms with Crippen LogP contribution >= 0.6 is 11.6 Å². The third kappa shape index (κ3) is 4.03. The number of non-ortho nitro benzene ring substituents is 1. The maximum Gasteiger partial charge on any atom is 0.269 e. The predicted molar refractivity (Wildman–Crippen MR) is 75.9 cm³/mol. The van der Waals surface area contributed by atoms with Gasteiger partial charge in [-0.15, -0.1) is 16.7 Å². The summed E-state index contributed by atoms with van der Waals surface area (Å²) in [6.07, 6.45) is 4.40. The van der Waals surface area contributed by atoms with Crippen LogP contribution in [0.3, 0.4) is 0 Å². The van der Waals surface area contributed by atoms with Crippen LogP contribution in [0.2, 0.25) is 0 Å². The van der Waals surface area contributed by atoms with Gasteiger partial charge in [0.25, 0.3) is 5.69 Å². The van der Waals surface area contributed by atoms with Gasteiger partial charge in [0, 0.05) is 30.8 Å². The second-order valence-electron chi connectivity index (χ2n) is 4.44. The summed E-state index contributed by atoms with van der Waals surface area (Å²) in [4.78, 5) is 10.2. The van der Waals surface area contributed by atoms with Gasteiger partial charge in [-0.2, -0.15) is 0 Å². The highest BCUT2D eigenvalue weighted by Crippen LogP contribution is 2.12. The zero-order valence-electron chi connectivity index (χ0n) is 10.9. The van der Waals surface area contributed by atoms with Crippen LogP contribution in [0.15, 0.2) is 30.5 Å². The van der Waals surface area contributed by atoms with Gasteiger partial charge in [-0.1, -0.05) is 17.3 Å². The van der Waals surface area contributed by atoms with Gasteiger partial charge >= 0.3 is 0 Å². The van der Waals surface area contributed by atoms with Crippen LogP contribution in [0.4, 0.5) is 5.69 Å². The van der Waals surface area contributed by atoms with Crippen LogP contribution in [0.1, 0.15) is 17.7 Å². The molecule has 0 unspecified atom stereocenters. The number of hydrogen-bond acceptors (Lipinski definition) is 4. The van der Waals surface area contributed by atoms with E-state index in [4.69, 9.17) is 11.6 Å². The summed E-state index contributed by atoms with van der Waals surface area (Å²) >= 11 is 5.63. The molecule has 0 atom stereocenters. The standard InChI is InChI=1S/C13H15ClN4O2/c14-8-1-2-12-10-17(16-15-12)9-7-11-3-5-13(6-4-11)18(19)20/h3-6,10H,1-2,7-9H2. The van der Waals surface area contributed by atoms with E-state index in [1.165, 1.54) is 12.1 Å². The fourth-order valence-corrected chi connectivity index (χ4v) is 1.97. The largest absolute Gasteiger partial charge is 0.269 e. The first-order valence-electron chi connectivity index (χ1n) is 6.37. The molecule has 0 aliphatic carbocycles. The molecule has 0 fully saturated rings. The molecule has 0 radical (unpaired) electrons. The van der Waals surface area contributed by atoms with Crippen molar-refractivity contribution in [1.82, 2.24) is 15.0 Å². The molecule has 7 heteroatoms. The van der Waals surface area contributed by atoms with Crippen molar-refractivity contribution in [3.05, 3.63) is 51.8 Å². The highest BCUT2D eigenvalue weighted by Gasteiger charge is 2.05. The van der Waals surface area contributed by atoms with E-state index in [1.807, 2.05) is 6.20 Å². The van der Waals surface area contributed by atoms with Gasteiger partial charge in [0.15, 0.2) is 0 Å². The zero-order chi connectivity index (χ0) is 14.4. The number of aryl methyl sites for hydroxylation is 3. The number of aromatic nitrogens is 3. The Morgan fingerprint density at radius 1 is 1.25 bits per heavy atom. The lowest BCUT2D eigenvalue weighted by Crippen LogP contribution is -2.02. The van der Waals surface area contributed by atoms with E-state index in [1.54, 1.807) is 16.8 Å². The minimum absolute atomic E-state index is 0.109. The van der Waals surface area contributed by atoms with Crippen molar-refractivity contribution in [2.24, 2.45) is 0 Å². The molecule has 2 rings (SSSR count). The van der Waals surface area contributed by atoms with E-state index in [-0.39, 0.29) is 5.69 Å². The van der Waals surface area contributed by atoms with Crippen molar-refractivity contribution in [3.8, 4) is 0 Å². The van der Waals surface area contributed by atoms with Gasteiger partial charge in [-0.25, -0.2) is 0 Å². The van der Waals surface area contributed by atoms with Crippen LogP contribution in [0.25, 0.3) is 0 Å². The third-order valence-corrected chi connectivity index (χ3v) is 3.20. The molecule has 1 heterocycles. The average molecular weight is 295 g/mol. The lowest BCUT2D eigenvalue weighted by atomic mass is 10.1. The summed E-state index contributed by atoms with van der Waals surface area (Å²) in [5.74, 6) is 0.621. The minimum atomic E-state index is -0.398. The number of nitro groups is 1. The van der Waals surface area contributed by atoms with Gasteiger partial charge in [0.05, 0.1) is 10.6 Å². The molecule has 106 valence electrons. The normalized spacial score (nSPS) is 10.7. The van der Waals surface area contributed by atoms with Crippen LogP contribution in [0, 0.1) is 10.1 Å². The van der Waals surface area contributed by atoms with Crippen molar-refractivity contribution < 1.29 is 4.92 Å². The van der Waals surface area contributed by atoms with Crippen molar-refractivity contribution in [2.45, 2.75) is 25.8 Å². The SMILES string of the molecule is O=[N+]([O-])c1ccc(CCn2cc(CCCCl)nn2)cc1. The fourth-order valence-electron chi connectivity index (χ4n) is 1.84. The fraction of sp³-hybridized carbons (Fsp3) is 0.385. The summed E-state index contributed by atoms with van der Waals surface area (Å²) in [5, 5.41) is 18.7. The molecule has 0 bridgehead atoms. The molecule has 0 spiro atoms. The molecule has 0 saturated heterocycles. The molecule has 2 aromatic rings. The molecule has 0 saturated carbocycles. The van der Waals surface area contributed by atoms with Gasteiger partial charge < -0.3 is 0 Å². The maximum atomic E-state index is 10.6. The Morgan fingerprint density at radius 2 is 2.00 bits per heavy atom. The van der Waals surface area contributed by atoms with Gasteiger partial charge in [-0.05, 0) is 24.8 Å². The zero-order valence-corrected chi connectivity index (χ0v) is 11.7. The Bertz CT molecular complexity index is 568. The number of nitrogens with zero attached hydrogens (tertiary/aromatic N) is 4. The van der Waals surface area contributed by atoms with E-state index in [2.05, 4.69) is 10.3 Å². The first kappa shape index (κ1) is 14.5. The topological polar surface area (TPSA) is 73.8 Å². The Labute approximate surface area is 121 Å². The highest BCUT2D eigenvalue weighted by molar-refractivity contribution is 6.17. The summed E-state index contributed by atoms with van der Waals surface area (Å²) in [6, 6.07) is 6.57. The smallest absolute Gasteiger partial charge is 0.258 e. The van der Waals surface area contributed by atoms with Crippen LogP contribution in [-0.2, 0) is 19.4 Å². The van der Waals surface area contributed by atoms with Crippen molar-refractivity contribution in [1.29, 1.82) is 0 Å². The molecule has 0 amide bonds. The van der Waals surface area contributed by atoms with E-state index in [0.29, 0.717) is 12.4 Å². The van der Waals surface area contributed by atoms with Crippen molar-refractivity contribution >= 4 is 17.3 Å². The lowest BCUT2D eigenvalue weighted by Gasteiger charge is -2.01. The Kier molecular flexibility index (Phi) is 5.06. The number of alkyl halides is 1. The number of hydrogen-bond donors (Lipinski definition) is 0. The first-order chi connectivity index (χ1) is 9.69. The van der Waals surface area contributed by atoms with Gasteiger partial charge in [0.1, 0.15) is 0 Å². The van der Waals surface area contributed by atoms with E-state index in [0.717, 1.165) is 30.5 Å². The predicted octanol–water partition coefficient (Wildman–Crippen LogP) is 2.60. The molecule has 6 nitrogen and oxygen atoms in total. The number of halogens is 1. The number of nitro benzene ring substituents is 1. The van der Waals surface area contributed by atoms with Crippen LogP contribution in [-0.4, -0.2) is 25.8 Å². The van der Waals surface area contributed by atoms with E-state index >= 15 is 0 Å². The summed E-state index contributed by atoms with van der Waals surface area (Å²) in [6.45, 7) is 0.700. The van der Waals surface area contributed by atoms with Crippen molar-refractivity contribution in [2.75, 3.05) is 5.88 Å². The minimum Gasteiger partial charge on any atom is -0.258 e. The summed E-state index contributed by atoms with van der Waals surface area (Å²) in [5.41, 5.74) is 2.08. The molecular formula is C13H15ClN4O2. The number of rotatable bonds is 7. The van der Waals surface area contributed by atoms with Crippen LogP contribution in [0.5, 0.6) is 0 Å². The second-order valence-corrected chi connectivity index (χ2v) is 4.82. The molecule has 0 N–H and O–H groups in total. The van der Waals surface area contributed by atoms with Crippen molar-refractivity contribution in [3.63, 3.8) is 0 Å². The third-order valence-electron chi connectivity index (χ3n) is 2.93. The summed E-state index contributed by atoms with van der Waals surface area (Å²) < 4.78 is 1.78. The van der Waals surface area contributed by atoms with E-state index in [9.17, 15) is 10.1 Å². The lowest BCUT2D eigenvalue weighted by molar-refractivity contribution is -0.384. The monoisotopic (exact) mass is 294 g/mol. The Hall–Kier alpha value is -1.95. The molecule has 0 aliphatic rings. The second kappa shape index (κ2) is 7.00. The first-order valence-corrected chi connectivity index (χ1v) is 6.91. The number of benzene rings is 1. The Balaban J connectivity index is 1.88. The molecular weight excluding hydrogens is 280 g/mol. The molecule has 1 aromatic carbocycles. The molecule has 0 aliphatic heterocycles. The van der Waals surface area contributed by atoms with Crippen LogP contribution < -0.4 is 0 Å².